The van der Waals surface area contributed by atoms with Gasteiger partial charge in [0, 0.05) is 6.07 Å². The van der Waals surface area contributed by atoms with E-state index in [4.69, 9.17) is 16.2 Å². The van der Waals surface area contributed by atoms with E-state index in [0.717, 1.165) is 0 Å². The molecule has 0 spiro atoms. The zero-order valence-electron chi connectivity index (χ0n) is 6.37. The topological polar surface area (TPSA) is 74.2 Å². The van der Waals surface area contributed by atoms with Crippen molar-refractivity contribution in [3.05, 3.63) is 12.3 Å². The van der Waals surface area contributed by atoms with Crippen molar-refractivity contribution in [2.45, 2.75) is 6.92 Å². The quantitative estimate of drug-likeness (QED) is 0.654. The summed E-state index contributed by atoms with van der Waals surface area (Å²) in [6, 6.07) is 1.61. The first-order valence-corrected chi connectivity index (χ1v) is 3.38. The second-order valence-corrected chi connectivity index (χ2v) is 2.08. The van der Waals surface area contributed by atoms with E-state index in [2.05, 4.69) is 4.98 Å². The van der Waals surface area contributed by atoms with Crippen molar-refractivity contribution in [3.63, 3.8) is 0 Å². The lowest BCUT2D eigenvalue weighted by molar-refractivity contribution is 0.342. The fraction of sp³-hybridized carbons (Fsp3) is 0.286. The summed E-state index contributed by atoms with van der Waals surface area (Å²) in [6.45, 7) is 2.46. The Balaban J connectivity index is 2.93. The summed E-state index contributed by atoms with van der Waals surface area (Å²) < 4.78 is 5.17. The zero-order chi connectivity index (χ0) is 8.27. The number of hydrogen-bond donors (Lipinski definition) is 2. The molecule has 0 aromatic carbocycles. The van der Waals surface area contributed by atoms with Gasteiger partial charge in [-0.25, -0.2) is 4.98 Å². The Morgan fingerprint density at radius 2 is 2.27 bits per heavy atom. The van der Waals surface area contributed by atoms with Crippen LogP contribution in [0.1, 0.15) is 6.92 Å². The maximum atomic E-state index is 5.53. The second kappa shape index (κ2) is 3.09. The van der Waals surface area contributed by atoms with Gasteiger partial charge in [0.2, 0.25) is 0 Å². The summed E-state index contributed by atoms with van der Waals surface area (Å²) in [5, 5.41) is 0. The molecule has 0 aliphatic heterocycles. The Labute approximate surface area is 65.2 Å². The van der Waals surface area contributed by atoms with Gasteiger partial charge in [-0.3, -0.25) is 0 Å². The lowest BCUT2D eigenvalue weighted by Crippen LogP contribution is -1.99. The van der Waals surface area contributed by atoms with E-state index < -0.39 is 0 Å². The molecule has 4 heteroatoms. The van der Waals surface area contributed by atoms with Crippen LogP contribution in [0, 0.1) is 0 Å². The second-order valence-electron chi connectivity index (χ2n) is 2.08. The van der Waals surface area contributed by atoms with Crippen LogP contribution in [0.2, 0.25) is 0 Å². The summed E-state index contributed by atoms with van der Waals surface area (Å²) in [7, 11) is 0. The number of ether oxygens (including phenoxy) is 1. The third-order valence-corrected chi connectivity index (χ3v) is 1.22. The number of nitrogens with zero attached hydrogens (tertiary/aromatic N) is 1. The largest absolute Gasteiger partial charge is 0.492 e. The van der Waals surface area contributed by atoms with Crippen LogP contribution in [0.4, 0.5) is 11.5 Å². The van der Waals surface area contributed by atoms with Gasteiger partial charge in [0.15, 0.2) is 0 Å². The molecule has 1 aromatic heterocycles. The van der Waals surface area contributed by atoms with Crippen LogP contribution in [0.25, 0.3) is 0 Å². The maximum Gasteiger partial charge on any atom is 0.147 e. The Bertz CT molecular complexity index is 249. The minimum absolute atomic E-state index is 0.419. The van der Waals surface area contributed by atoms with Crippen molar-refractivity contribution in [3.8, 4) is 5.75 Å². The number of nitrogen functional groups attached to an aromatic ring is 2. The van der Waals surface area contributed by atoms with Gasteiger partial charge < -0.3 is 16.2 Å². The van der Waals surface area contributed by atoms with Gasteiger partial charge in [-0.2, -0.15) is 0 Å². The molecular weight excluding hydrogens is 142 g/mol. The van der Waals surface area contributed by atoms with E-state index >= 15 is 0 Å². The molecule has 1 aromatic rings. The molecule has 0 amide bonds. The van der Waals surface area contributed by atoms with E-state index in [0.29, 0.717) is 23.9 Å². The van der Waals surface area contributed by atoms with E-state index in [-0.39, 0.29) is 0 Å². The van der Waals surface area contributed by atoms with Gasteiger partial charge in [0.1, 0.15) is 11.6 Å². The number of hydrogen-bond acceptors (Lipinski definition) is 4. The molecule has 1 rings (SSSR count). The van der Waals surface area contributed by atoms with Crippen molar-refractivity contribution in [1.29, 1.82) is 0 Å². The van der Waals surface area contributed by atoms with Crippen molar-refractivity contribution in [1.82, 2.24) is 4.98 Å². The van der Waals surface area contributed by atoms with Crippen molar-refractivity contribution >= 4 is 11.5 Å². The average Bonchev–Trinajstić information content (AvgIpc) is 1.98. The Morgan fingerprint density at radius 1 is 1.55 bits per heavy atom. The molecule has 0 saturated heterocycles. The normalized spacial score (nSPS) is 9.55. The molecule has 0 fully saturated rings. The molecule has 0 aliphatic carbocycles. The Morgan fingerprint density at radius 3 is 2.91 bits per heavy atom. The number of aromatic nitrogens is 1. The molecule has 0 atom stereocenters. The SMILES string of the molecule is CCOc1cc(N)ncc1N. The molecule has 0 unspecified atom stereocenters. The monoisotopic (exact) mass is 153 g/mol. The summed E-state index contributed by atoms with van der Waals surface area (Å²) in [4.78, 5) is 3.79. The Kier molecular flexibility index (Phi) is 2.15. The van der Waals surface area contributed by atoms with Gasteiger partial charge in [0.05, 0.1) is 18.5 Å². The maximum absolute atomic E-state index is 5.53. The van der Waals surface area contributed by atoms with Crippen LogP contribution >= 0.6 is 0 Å². The smallest absolute Gasteiger partial charge is 0.147 e. The number of rotatable bonds is 2. The fourth-order valence-electron chi connectivity index (χ4n) is 0.743. The lowest BCUT2D eigenvalue weighted by Gasteiger charge is -2.05. The van der Waals surface area contributed by atoms with Crippen LogP contribution in [0.5, 0.6) is 5.75 Å². The summed E-state index contributed by atoms with van der Waals surface area (Å²) in [5.41, 5.74) is 11.5. The van der Waals surface area contributed by atoms with Gasteiger partial charge in [-0.1, -0.05) is 0 Å². The first-order chi connectivity index (χ1) is 5.24. The standard InChI is InChI=1S/C7H11N3O/c1-2-11-6-3-7(9)10-4-5(6)8/h3-4H,2,8H2,1H3,(H2,9,10). The summed E-state index contributed by atoms with van der Waals surface area (Å²) in [6.07, 6.45) is 1.49. The summed E-state index contributed by atoms with van der Waals surface area (Å²) >= 11 is 0. The van der Waals surface area contributed by atoms with Crippen molar-refractivity contribution < 1.29 is 4.74 Å². The van der Waals surface area contributed by atoms with Gasteiger partial charge in [0.25, 0.3) is 0 Å². The number of nitrogens with two attached hydrogens (primary N) is 2. The minimum atomic E-state index is 0.419. The van der Waals surface area contributed by atoms with Gasteiger partial charge >= 0.3 is 0 Å². The van der Waals surface area contributed by atoms with Crippen molar-refractivity contribution in [2.75, 3.05) is 18.1 Å². The van der Waals surface area contributed by atoms with E-state index in [1.165, 1.54) is 6.20 Å². The molecule has 0 bridgehead atoms. The van der Waals surface area contributed by atoms with Crippen LogP contribution < -0.4 is 16.2 Å². The molecule has 0 saturated carbocycles. The van der Waals surface area contributed by atoms with Crippen LogP contribution in [-0.4, -0.2) is 11.6 Å². The van der Waals surface area contributed by atoms with Crippen LogP contribution in [-0.2, 0) is 0 Å². The highest BCUT2D eigenvalue weighted by molar-refractivity contribution is 5.55. The van der Waals surface area contributed by atoms with Crippen LogP contribution in [0.15, 0.2) is 12.3 Å². The van der Waals surface area contributed by atoms with Gasteiger partial charge in [-0.15, -0.1) is 0 Å². The number of anilines is 2. The molecule has 11 heavy (non-hydrogen) atoms. The molecular formula is C7H11N3O. The summed E-state index contributed by atoms with van der Waals surface area (Å²) in [5.74, 6) is 1.02. The third-order valence-electron chi connectivity index (χ3n) is 1.22. The van der Waals surface area contributed by atoms with Crippen LogP contribution in [0.3, 0.4) is 0 Å². The molecule has 0 aliphatic rings. The molecule has 0 radical (unpaired) electrons. The first kappa shape index (κ1) is 7.65. The third kappa shape index (κ3) is 1.73. The molecule has 60 valence electrons. The highest BCUT2D eigenvalue weighted by Crippen LogP contribution is 2.21. The molecule has 4 nitrogen and oxygen atoms in total. The first-order valence-electron chi connectivity index (χ1n) is 3.38. The molecule has 4 N–H and O–H groups in total. The van der Waals surface area contributed by atoms with Crippen molar-refractivity contribution in [2.24, 2.45) is 0 Å². The average molecular weight is 153 g/mol. The minimum Gasteiger partial charge on any atom is -0.492 e. The lowest BCUT2D eigenvalue weighted by atomic mass is 10.4. The Hall–Kier alpha value is -1.45. The predicted octanol–water partition coefficient (Wildman–Crippen LogP) is 0.645. The van der Waals surface area contributed by atoms with Gasteiger partial charge in [-0.05, 0) is 6.92 Å². The zero-order valence-corrected chi connectivity index (χ0v) is 6.37. The fourth-order valence-corrected chi connectivity index (χ4v) is 0.743. The highest BCUT2D eigenvalue weighted by atomic mass is 16.5. The van der Waals surface area contributed by atoms with E-state index in [1.54, 1.807) is 6.07 Å². The predicted molar refractivity (Wildman–Crippen MR) is 44.2 cm³/mol. The van der Waals surface area contributed by atoms with E-state index in [9.17, 15) is 0 Å². The molecule has 1 heterocycles. The highest BCUT2D eigenvalue weighted by Gasteiger charge is 1.99. The van der Waals surface area contributed by atoms with E-state index in [1.807, 2.05) is 6.92 Å². The number of pyridine rings is 1.